The molecule has 0 bridgehead atoms. The fraction of sp³-hybridized carbons (Fsp3) is 0.238. The average molecular weight is 381 g/mol. The second-order valence-corrected chi connectivity index (χ2v) is 6.62. The van der Waals surface area contributed by atoms with E-state index in [0.717, 1.165) is 11.0 Å². The van der Waals surface area contributed by atoms with Gasteiger partial charge >= 0.3 is 6.03 Å². The minimum Gasteiger partial charge on any atom is -0.495 e. The van der Waals surface area contributed by atoms with Crippen LogP contribution in [0.1, 0.15) is 29.1 Å². The van der Waals surface area contributed by atoms with Crippen molar-refractivity contribution in [1.82, 2.24) is 10.2 Å². The van der Waals surface area contributed by atoms with E-state index in [1.54, 1.807) is 32.3 Å². The summed E-state index contributed by atoms with van der Waals surface area (Å²) in [5, 5.41) is 6.55. The Hall–Kier alpha value is -3.48. The zero-order valence-corrected chi connectivity index (χ0v) is 16.3. The molecule has 1 heterocycles. The van der Waals surface area contributed by atoms with E-state index in [1.807, 2.05) is 37.3 Å². The molecule has 28 heavy (non-hydrogen) atoms. The Morgan fingerprint density at radius 2 is 1.86 bits per heavy atom. The number of fused-ring (bicyclic) bond motifs is 1. The first kappa shape index (κ1) is 19.3. The molecule has 0 spiro atoms. The lowest BCUT2D eigenvalue weighted by Gasteiger charge is -2.16. The van der Waals surface area contributed by atoms with Gasteiger partial charge < -0.3 is 24.7 Å². The van der Waals surface area contributed by atoms with E-state index >= 15 is 0 Å². The summed E-state index contributed by atoms with van der Waals surface area (Å²) in [7, 11) is 4.84. The van der Waals surface area contributed by atoms with Crippen molar-refractivity contribution in [3.8, 4) is 5.75 Å². The van der Waals surface area contributed by atoms with Crippen molar-refractivity contribution in [1.29, 1.82) is 0 Å². The molecule has 2 N–H and O–H groups in total. The number of nitrogens with zero attached hydrogens (tertiary/aromatic N) is 1. The molecule has 3 amide bonds. The molecule has 2 aromatic carbocycles. The van der Waals surface area contributed by atoms with Gasteiger partial charge in [-0.15, -0.1) is 0 Å². The summed E-state index contributed by atoms with van der Waals surface area (Å²) in [6.45, 7) is 1.83. The number of furan rings is 1. The Bertz CT molecular complexity index is 977. The molecule has 0 aliphatic carbocycles. The van der Waals surface area contributed by atoms with Crippen LogP contribution in [0, 0.1) is 0 Å². The van der Waals surface area contributed by atoms with Crippen LogP contribution in [0.2, 0.25) is 0 Å². The van der Waals surface area contributed by atoms with Crippen LogP contribution >= 0.6 is 0 Å². The summed E-state index contributed by atoms with van der Waals surface area (Å²) in [4.78, 5) is 26.1. The second-order valence-electron chi connectivity index (χ2n) is 6.62. The topological polar surface area (TPSA) is 83.8 Å². The third-order valence-electron chi connectivity index (χ3n) is 4.32. The molecular formula is C21H23N3O4. The van der Waals surface area contributed by atoms with Gasteiger partial charge in [0.15, 0.2) is 0 Å². The van der Waals surface area contributed by atoms with E-state index in [2.05, 4.69) is 10.6 Å². The molecule has 0 radical (unpaired) electrons. The lowest BCUT2D eigenvalue weighted by atomic mass is 10.1. The van der Waals surface area contributed by atoms with Crippen molar-refractivity contribution in [3.05, 3.63) is 59.9 Å². The van der Waals surface area contributed by atoms with E-state index in [-0.39, 0.29) is 11.9 Å². The fourth-order valence-corrected chi connectivity index (χ4v) is 2.84. The largest absolute Gasteiger partial charge is 0.495 e. The van der Waals surface area contributed by atoms with E-state index in [1.165, 1.54) is 12.0 Å². The van der Waals surface area contributed by atoms with Gasteiger partial charge in [-0.05, 0) is 37.3 Å². The van der Waals surface area contributed by atoms with Crippen LogP contribution in [0.5, 0.6) is 5.75 Å². The highest BCUT2D eigenvalue weighted by Crippen LogP contribution is 2.27. The lowest BCUT2D eigenvalue weighted by Crippen LogP contribution is -2.31. The highest BCUT2D eigenvalue weighted by atomic mass is 16.5. The van der Waals surface area contributed by atoms with Crippen molar-refractivity contribution in [2.75, 3.05) is 26.5 Å². The Kier molecular flexibility index (Phi) is 5.54. The SMILES string of the molecule is COc1ccc(C(=O)N(C)C)cc1NC(=O)NC(C)c1cc2ccccc2o1. The van der Waals surface area contributed by atoms with Crippen molar-refractivity contribution in [2.45, 2.75) is 13.0 Å². The van der Waals surface area contributed by atoms with E-state index < -0.39 is 6.03 Å². The van der Waals surface area contributed by atoms with Crippen molar-refractivity contribution >= 4 is 28.6 Å². The number of benzene rings is 2. The lowest BCUT2D eigenvalue weighted by molar-refractivity contribution is 0.0827. The molecule has 1 aromatic heterocycles. The first-order valence-corrected chi connectivity index (χ1v) is 8.84. The highest BCUT2D eigenvalue weighted by Gasteiger charge is 2.17. The number of rotatable bonds is 5. The van der Waals surface area contributed by atoms with Gasteiger partial charge in [-0.2, -0.15) is 0 Å². The summed E-state index contributed by atoms with van der Waals surface area (Å²) in [6, 6.07) is 13.7. The van der Waals surface area contributed by atoms with E-state index in [0.29, 0.717) is 22.8 Å². The molecule has 1 unspecified atom stereocenters. The Balaban J connectivity index is 1.74. The van der Waals surface area contributed by atoms with E-state index in [4.69, 9.17) is 9.15 Å². The first-order valence-electron chi connectivity index (χ1n) is 8.84. The van der Waals surface area contributed by atoms with E-state index in [9.17, 15) is 9.59 Å². The van der Waals surface area contributed by atoms with Gasteiger partial charge in [0, 0.05) is 25.0 Å². The highest BCUT2D eigenvalue weighted by molar-refractivity contribution is 5.98. The molecule has 0 aliphatic rings. The van der Waals surface area contributed by atoms with Gasteiger partial charge in [0.1, 0.15) is 17.1 Å². The summed E-state index contributed by atoms with van der Waals surface area (Å²) < 4.78 is 11.1. The summed E-state index contributed by atoms with van der Waals surface area (Å²) in [5.41, 5.74) is 1.62. The monoisotopic (exact) mass is 381 g/mol. The summed E-state index contributed by atoms with van der Waals surface area (Å²) in [5.74, 6) is 0.948. The van der Waals surface area contributed by atoms with Crippen LogP contribution in [0.15, 0.2) is 52.9 Å². The van der Waals surface area contributed by atoms with Crippen molar-refractivity contribution < 1.29 is 18.7 Å². The standard InChI is InChI=1S/C21H23N3O4/c1-13(19-12-14-7-5-6-8-17(14)28-19)22-21(26)23-16-11-15(20(25)24(2)3)9-10-18(16)27-4/h5-13H,1-4H3,(H2,22,23,26). The number of ether oxygens (including phenoxy) is 1. The van der Waals surface area contributed by atoms with Gasteiger partial charge in [0.05, 0.1) is 18.8 Å². The quantitative estimate of drug-likeness (QED) is 0.699. The molecule has 0 fully saturated rings. The number of methoxy groups -OCH3 is 1. The minimum atomic E-state index is -0.430. The number of carbonyl (C=O) groups excluding carboxylic acids is 2. The molecule has 0 saturated heterocycles. The van der Waals surface area contributed by atoms with Gasteiger partial charge in [-0.1, -0.05) is 18.2 Å². The molecular weight excluding hydrogens is 358 g/mol. The third kappa shape index (κ3) is 4.09. The maximum atomic E-state index is 12.5. The third-order valence-corrected chi connectivity index (χ3v) is 4.32. The second kappa shape index (κ2) is 8.04. The Morgan fingerprint density at radius 3 is 2.54 bits per heavy atom. The van der Waals surface area contributed by atoms with Gasteiger partial charge in [-0.3, -0.25) is 4.79 Å². The van der Waals surface area contributed by atoms with Gasteiger partial charge in [0.2, 0.25) is 0 Å². The number of nitrogens with one attached hydrogen (secondary N) is 2. The van der Waals surface area contributed by atoms with Crippen molar-refractivity contribution in [3.63, 3.8) is 0 Å². The number of urea groups is 1. The molecule has 0 saturated carbocycles. The Labute approximate surface area is 163 Å². The molecule has 1 atom stereocenters. The molecule has 146 valence electrons. The summed E-state index contributed by atoms with van der Waals surface area (Å²) in [6.07, 6.45) is 0. The van der Waals surface area contributed by atoms with Gasteiger partial charge in [-0.25, -0.2) is 4.79 Å². The van der Waals surface area contributed by atoms with Crippen LogP contribution < -0.4 is 15.4 Å². The number of hydrogen-bond acceptors (Lipinski definition) is 4. The average Bonchev–Trinajstić information content (AvgIpc) is 3.11. The predicted molar refractivity (Wildman–Crippen MR) is 108 cm³/mol. The van der Waals surface area contributed by atoms with Crippen LogP contribution in [0.4, 0.5) is 10.5 Å². The molecule has 7 heteroatoms. The summed E-state index contributed by atoms with van der Waals surface area (Å²) >= 11 is 0. The normalized spacial score (nSPS) is 11.7. The maximum absolute atomic E-state index is 12.5. The molecule has 0 aliphatic heterocycles. The van der Waals surface area contributed by atoms with Crippen LogP contribution in [-0.2, 0) is 0 Å². The van der Waals surface area contributed by atoms with Crippen LogP contribution in [0.3, 0.4) is 0 Å². The predicted octanol–water partition coefficient (Wildman–Crippen LogP) is 4.03. The molecule has 3 rings (SSSR count). The van der Waals surface area contributed by atoms with Crippen LogP contribution in [-0.4, -0.2) is 38.0 Å². The minimum absolute atomic E-state index is 0.165. The number of para-hydroxylation sites is 1. The zero-order chi connectivity index (χ0) is 20.3. The number of amides is 3. The molecule has 3 aromatic rings. The first-order chi connectivity index (χ1) is 13.4. The number of hydrogen-bond donors (Lipinski definition) is 2. The van der Waals surface area contributed by atoms with Gasteiger partial charge in [0.25, 0.3) is 5.91 Å². The van der Waals surface area contributed by atoms with Crippen LogP contribution in [0.25, 0.3) is 11.0 Å². The smallest absolute Gasteiger partial charge is 0.319 e. The number of carbonyl (C=O) groups is 2. The van der Waals surface area contributed by atoms with Crippen molar-refractivity contribution in [2.24, 2.45) is 0 Å². The zero-order valence-electron chi connectivity index (χ0n) is 16.3. The number of anilines is 1. The fourth-order valence-electron chi connectivity index (χ4n) is 2.84. The maximum Gasteiger partial charge on any atom is 0.319 e. The molecule has 7 nitrogen and oxygen atoms in total. The Morgan fingerprint density at radius 1 is 1.11 bits per heavy atom.